The van der Waals surface area contributed by atoms with Crippen LogP contribution >= 0.6 is 0 Å². The van der Waals surface area contributed by atoms with Crippen LogP contribution in [0, 0.1) is 0 Å². The van der Waals surface area contributed by atoms with Crippen molar-refractivity contribution in [2.24, 2.45) is 0 Å². The van der Waals surface area contributed by atoms with Gasteiger partial charge in [-0.2, -0.15) is 0 Å². The van der Waals surface area contributed by atoms with Crippen molar-refractivity contribution >= 4 is 0 Å². The molecule has 0 amide bonds. The first-order valence-corrected chi connectivity index (χ1v) is 17.7. The first-order valence-electron chi connectivity index (χ1n) is 17.7. The molecule has 3 heteroatoms. The van der Waals surface area contributed by atoms with E-state index in [1.807, 2.05) is 0 Å². The van der Waals surface area contributed by atoms with Crippen LogP contribution in [-0.2, 0) is 4.74 Å². The molecule has 0 aliphatic rings. The van der Waals surface area contributed by atoms with Crippen molar-refractivity contribution in [2.45, 2.75) is 199 Å². The van der Waals surface area contributed by atoms with Gasteiger partial charge in [0.2, 0.25) is 0 Å². The smallest absolute Gasteiger partial charge is 0.0896 e. The summed E-state index contributed by atoms with van der Waals surface area (Å²) in [5.74, 6) is 0. The molecule has 0 bridgehead atoms. The van der Waals surface area contributed by atoms with Gasteiger partial charge in [0, 0.05) is 13.0 Å². The van der Waals surface area contributed by atoms with Gasteiger partial charge in [-0.05, 0) is 19.3 Å². The molecule has 0 heterocycles. The highest BCUT2D eigenvalue weighted by Gasteiger charge is 2.19. The van der Waals surface area contributed by atoms with E-state index in [0.29, 0.717) is 12.6 Å². The Balaban J connectivity index is 3.52. The number of hydrogen-bond acceptors (Lipinski definition) is 2. The van der Waals surface area contributed by atoms with E-state index in [1.165, 1.54) is 165 Å². The number of hydrogen-bond donors (Lipinski definition) is 2. The molecule has 0 radical (unpaired) electrons. The van der Waals surface area contributed by atoms with E-state index in [0.717, 1.165) is 19.4 Å². The number of unbranched alkanes of at least 4 members (excludes halogenated alkanes) is 23. The van der Waals surface area contributed by atoms with Crippen LogP contribution in [0.15, 0.2) is 0 Å². The molecule has 38 heavy (non-hydrogen) atoms. The summed E-state index contributed by atoms with van der Waals surface area (Å²) in [5.41, 5.74) is 0. The van der Waals surface area contributed by atoms with Crippen LogP contribution in [0.1, 0.15) is 187 Å². The fourth-order valence-corrected chi connectivity index (χ4v) is 5.71. The lowest BCUT2D eigenvalue weighted by molar-refractivity contribution is -0.887. The Morgan fingerprint density at radius 2 is 0.842 bits per heavy atom. The molecule has 0 aliphatic carbocycles. The van der Waals surface area contributed by atoms with Crippen LogP contribution in [0.3, 0.4) is 0 Å². The number of nitrogens with one attached hydrogen (secondary N) is 1. The second-order valence-electron chi connectivity index (χ2n) is 12.7. The maximum Gasteiger partial charge on any atom is 0.0896 e. The standard InChI is InChI=1S/C35H73NO2/c1-5-7-9-11-13-15-17-18-19-20-21-22-24-26-28-30-34(36(3)4)32-35(37)33-38-31-29-27-25-23-16-14-12-10-8-6-2/h34-35,37H,5-33H2,1-4H3/p+1. The zero-order valence-corrected chi connectivity index (χ0v) is 27.0. The molecule has 3 nitrogen and oxygen atoms in total. The van der Waals surface area contributed by atoms with Gasteiger partial charge in [-0.1, -0.05) is 162 Å². The summed E-state index contributed by atoms with van der Waals surface area (Å²) < 4.78 is 5.82. The number of quaternary nitrogens is 1. The van der Waals surface area contributed by atoms with E-state index in [2.05, 4.69) is 27.9 Å². The highest BCUT2D eigenvalue weighted by molar-refractivity contribution is 4.64. The van der Waals surface area contributed by atoms with Crippen LogP contribution < -0.4 is 4.90 Å². The summed E-state index contributed by atoms with van der Waals surface area (Å²) in [4.78, 5) is 1.48. The largest absolute Gasteiger partial charge is 0.390 e. The Bertz CT molecular complexity index is 428. The zero-order chi connectivity index (χ0) is 27.9. The Morgan fingerprint density at radius 1 is 0.500 bits per heavy atom. The molecular formula is C35H74NO2+. The van der Waals surface area contributed by atoms with Crippen molar-refractivity contribution in [1.29, 1.82) is 0 Å². The maximum absolute atomic E-state index is 10.5. The summed E-state index contributed by atoms with van der Waals surface area (Å²) in [7, 11) is 4.49. The summed E-state index contributed by atoms with van der Waals surface area (Å²) in [6, 6.07) is 0.549. The predicted molar refractivity (Wildman–Crippen MR) is 169 cm³/mol. The van der Waals surface area contributed by atoms with Crippen molar-refractivity contribution in [1.82, 2.24) is 0 Å². The predicted octanol–water partition coefficient (Wildman–Crippen LogP) is 9.45. The molecule has 0 rings (SSSR count). The van der Waals surface area contributed by atoms with E-state index >= 15 is 0 Å². The number of rotatable bonds is 32. The van der Waals surface area contributed by atoms with Gasteiger partial charge in [0.25, 0.3) is 0 Å². The lowest BCUT2D eigenvalue weighted by atomic mass is 10.00. The van der Waals surface area contributed by atoms with Crippen LogP contribution in [0.5, 0.6) is 0 Å². The molecule has 0 aromatic rings. The average molecular weight is 541 g/mol. The molecule has 0 spiro atoms. The van der Waals surface area contributed by atoms with Crippen molar-refractivity contribution in [3.63, 3.8) is 0 Å². The molecule has 2 unspecified atom stereocenters. The van der Waals surface area contributed by atoms with Gasteiger partial charge in [0.1, 0.15) is 0 Å². The molecule has 0 saturated heterocycles. The van der Waals surface area contributed by atoms with E-state index in [9.17, 15) is 5.11 Å². The third-order valence-electron chi connectivity index (χ3n) is 8.48. The lowest BCUT2D eigenvalue weighted by Gasteiger charge is -2.24. The molecule has 0 aromatic carbocycles. The van der Waals surface area contributed by atoms with Gasteiger partial charge in [0.15, 0.2) is 0 Å². The molecule has 2 N–H and O–H groups in total. The van der Waals surface area contributed by atoms with Crippen molar-refractivity contribution in [2.75, 3.05) is 27.3 Å². The topological polar surface area (TPSA) is 33.9 Å². The van der Waals surface area contributed by atoms with Gasteiger partial charge in [-0.3, -0.25) is 0 Å². The monoisotopic (exact) mass is 541 g/mol. The molecular weight excluding hydrogens is 466 g/mol. The fraction of sp³-hybridized carbons (Fsp3) is 1.00. The highest BCUT2D eigenvalue weighted by atomic mass is 16.5. The van der Waals surface area contributed by atoms with Crippen LogP contribution in [0.2, 0.25) is 0 Å². The minimum absolute atomic E-state index is 0.311. The normalized spacial score (nSPS) is 13.4. The van der Waals surface area contributed by atoms with E-state index < -0.39 is 0 Å². The second-order valence-corrected chi connectivity index (χ2v) is 12.7. The van der Waals surface area contributed by atoms with Crippen LogP contribution in [0.4, 0.5) is 0 Å². The third kappa shape index (κ3) is 28.9. The number of ether oxygens (including phenoxy) is 1. The molecule has 0 aliphatic heterocycles. The third-order valence-corrected chi connectivity index (χ3v) is 8.48. The first-order chi connectivity index (χ1) is 18.6. The molecule has 0 saturated carbocycles. The van der Waals surface area contributed by atoms with Crippen molar-refractivity contribution < 1.29 is 14.7 Å². The lowest BCUT2D eigenvalue weighted by Crippen LogP contribution is -3.10. The summed E-state index contributed by atoms with van der Waals surface area (Å²) in [6.45, 7) is 5.90. The SMILES string of the molecule is CCCCCCCCCCCCCCCCCC(CC(O)COCCCCCCCCCCCC)[NH+](C)C. The minimum atomic E-state index is -0.311. The van der Waals surface area contributed by atoms with Crippen molar-refractivity contribution in [3.8, 4) is 0 Å². The van der Waals surface area contributed by atoms with Gasteiger partial charge in [-0.15, -0.1) is 0 Å². The van der Waals surface area contributed by atoms with Crippen LogP contribution in [-0.4, -0.2) is 44.6 Å². The molecule has 230 valence electrons. The molecule has 0 aromatic heterocycles. The van der Waals surface area contributed by atoms with E-state index in [-0.39, 0.29) is 6.10 Å². The number of aliphatic hydroxyl groups is 1. The summed E-state index contributed by atoms with van der Waals surface area (Å²) in [5, 5.41) is 10.5. The quantitative estimate of drug-likeness (QED) is 0.0833. The van der Waals surface area contributed by atoms with Crippen molar-refractivity contribution in [3.05, 3.63) is 0 Å². The Labute approximate surface area is 241 Å². The fourth-order valence-electron chi connectivity index (χ4n) is 5.71. The van der Waals surface area contributed by atoms with Gasteiger partial charge in [0.05, 0.1) is 32.8 Å². The summed E-state index contributed by atoms with van der Waals surface area (Å²) in [6.07, 6.45) is 36.6. The Morgan fingerprint density at radius 3 is 1.21 bits per heavy atom. The minimum Gasteiger partial charge on any atom is -0.390 e. The van der Waals surface area contributed by atoms with Gasteiger partial charge in [-0.25, -0.2) is 0 Å². The Kier molecular flexibility index (Phi) is 31.3. The molecule has 2 atom stereocenters. The van der Waals surface area contributed by atoms with Gasteiger partial charge >= 0.3 is 0 Å². The second kappa shape index (κ2) is 31.4. The van der Waals surface area contributed by atoms with E-state index in [4.69, 9.17) is 4.74 Å². The highest BCUT2D eigenvalue weighted by Crippen LogP contribution is 2.15. The summed E-state index contributed by atoms with van der Waals surface area (Å²) >= 11 is 0. The molecule has 0 fully saturated rings. The number of aliphatic hydroxyl groups excluding tert-OH is 1. The van der Waals surface area contributed by atoms with Crippen LogP contribution in [0.25, 0.3) is 0 Å². The zero-order valence-electron chi connectivity index (χ0n) is 27.0. The van der Waals surface area contributed by atoms with E-state index in [1.54, 1.807) is 0 Å². The Hall–Kier alpha value is -0.120. The first kappa shape index (κ1) is 37.9. The van der Waals surface area contributed by atoms with Gasteiger partial charge < -0.3 is 14.7 Å². The maximum atomic E-state index is 10.5. The average Bonchev–Trinajstić information content (AvgIpc) is 2.90.